The summed E-state index contributed by atoms with van der Waals surface area (Å²) in [7, 11) is 1.54. The molecule has 8 heteroatoms. The van der Waals surface area contributed by atoms with Crippen molar-refractivity contribution in [3.8, 4) is 17.2 Å². The molecule has 1 heterocycles. The zero-order chi connectivity index (χ0) is 23.8. The number of halogens is 1. The standard InChI is InChI=1S/C25H33ClN2O5/c1-4-32-22-12-17(13-23(24(22)26)33-5-2)15-28-8-6-20(7-9-28)27-25(30)19-10-18(16-29)11-21(14-19)31-3/h10-14,20,29H,4-9,15-16H2,1-3H3,(H,27,30). The van der Waals surface area contributed by atoms with Crippen molar-refractivity contribution in [3.05, 3.63) is 52.0 Å². The number of carbonyl (C=O) groups is 1. The van der Waals surface area contributed by atoms with Gasteiger partial charge in [-0.1, -0.05) is 11.6 Å². The van der Waals surface area contributed by atoms with Crippen molar-refractivity contribution in [3.63, 3.8) is 0 Å². The molecule has 0 aliphatic carbocycles. The Balaban J connectivity index is 1.59. The van der Waals surface area contributed by atoms with E-state index in [1.54, 1.807) is 25.3 Å². The van der Waals surface area contributed by atoms with Gasteiger partial charge in [-0.3, -0.25) is 9.69 Å². The van der Waals surface area contributed by atoms with Gasteiger partial charge in [0.25, 0.3) is 5.91 Å². The molecule has 0 radical (unpaired) electrons. The average molecular weight is 477 g/mol. The number of methoxy groups -OCH3 is 1. The minimum Gasteiger partial charge on any atom is -0.497 e. The third-order valence-corrected chi connectivity index (χ3v) is 6.01. The third kappa shape index (κ3) is 6.76. The number of benzene rings is 2. The molecule has 3 rings (SSSR count). The minimum atomic E-state index is -0.150. The minimum absolute atomic E-state index is 0.0979. The van der Waals surface area contributed by atoms with Crippen LogP contribution in [0.1, 0.15) is 48.2 Å². The van der Waals surface area contributed by atoms with Crippen LogP contribution in [0.5, 0.6) is 17.2 Å². The van der Waals surface area contributed by atoms with Crippen molar-refractivity contribution in [2.24, 2.45) is 0 Å². The van der Waals surface area contributed by atoms with Crippen molar-refractivity contribution in [1.82, 2.24) is 10.2 Å². The fourth-order valence-electron chi connectivity index (χ4n) is 4.00. The molecular formula is C25H33ClN2O5. The number of carbonyl (C=O) groups excluding carboxylic acids is 1. The monoisotopic (exact) mass is 476 g/mol. The van der Waals surface area contributed by atoms with Gasteiger partial charge in [0.2, 0.25) is 0 Å². The molecule has 1 fully saturated rings. The maximum atomic E-state index is 12.7. The second-order valence-electron chi connectivity index (χ2n) is 8.02. The number of amides is 1. The lowest BCUT2D eigenvalue weighted by atomic mass is 10.0. The van der Waals surface area contributed by atoms with Gasteiger partial charge in [0.05, 0.1) is 26.9 Å². The Bertz CT molecular complexity index is 895. The first-order chi connectivity index (χ1) is 16.0. The summed E-state index contributed by atoms with van der Waals surface area (Å²) >= 11 is 6.41. The summed E-state index contributed by atoms with van der Waals surface area (Å²) in [5.74, 6) is 1.69. The van der Waals surface area contributed by atoms with E-state index in [-0.39, 0.29) is 18.6 Å². The van der Waals surface area contributed by atoms with Crippen molar-refractivity contribution in [2.75, 3.05) is 33.4 Å². The van der Waals surface area contributed by atoms with Crippen LogP contribution in [0.2, 0.25) is 5.02 Å². The SMILES string of the molecule is CCOc1cc(CN2CCC(NC(=O)c3cc(CO)cc(OC)c3)CC2)cc(OCC)c1Cl. The molecule has 0 bridgehead atoms. The number of likely N-dealkylation sites (tertiary alicyclic amines) is 1. The summed E-state index contributed by atoms with van der Waals surface area (Å²) < 4.78 is 16.6. The Kier molecular flexibility index (Phi) is 9.23. The second kappa shape index (κ2) is 12.1. The lowest BCUT2D eigenvalue weighted by molar-refractivity contribution is 0.0908. The van der Waals surface area contributed by atoms with E-state index >= 15 is 0 Å². The molecule has 0 unspecified atom stereocenters. The molecule has 2 N–H and O–H groups in total. The molecule has 0 aromatic heterocycles. The molecule has 7 nitrogen and oxygen atoms in total. The Labute approximate surface area is 200 Å². The molecule has 1 aliphatic rings. The molecular weight excluding hydrogens is 444 g/mol. The lowest BCUT2D eigenvalue weighted by Crippen LogP contribution is -2.44. The number of nitrogens with one attached hydrogen (secondary N) is 1. The van der Waals surface area contributed by atoms with Crippen LogP contribution in [0.4, 0.5) is 0 Å². The summed E-state index contributed by atoms with van der Waals surface area (Å²) in [6.45, 7) is 7.27. The van der Waals surface area contributed by atoms with Crippen LogP contribution < -0.4 is 19.5 Å². The summed E-state index contributed by atoms with van der Waals surface area (Å²) in [5.41, 5.74) is 2.23. The van der Waals surface area contributed by atoms with Gasteiger partial charge in [-0.25, -0.2) is 0 Å². The van der Waals surface area contributed by atoms with E-state index in [2.05, 4.69) is 10.2 Å². The van der Waals surface area contributed by atoms with Crippen molar-refractivity contribution in [2.45, 2.75) is 45.9 Å². The van der Waals surface area contributed by atoms with E-state index in [1.165, 1.54) is 0 Å². The number of hydrogen-bond donors (Lipinski definition) is 2. The zero-order valence-corrected chi connectivity index (χ0v) is 20.3. The molecule has 1 amide bonds. The van der Waals surface area contributed by atoms with E-state index in [1.807, 2.05) is 26.0 Å². The highest BCUT2D eigenvalue weighted by atomic mass is 35.5. The zero-order valence-electron chi connectivity index (χ0n) is 19.5. The largest absolute Gasteiger partial charge is 0.497 e. The number of ether oxygens (including phenoxy) is 3. The highest BCUT2D eigenvalue weighted by Gasteiger charge is 2.22. The first-order valence-electron chi connectivity index (χ1n) is 11.4. The molecule has 0 saturated carbocycles. The van der Waals surface area contributed by atoms with Gasteiger partial charge >= 0.3 is 0 Å². The van der Waals surface area contributed by atoms with Crippen LogP contribution in [-0.4, -0.2) is 55.4 Å². The second-order valence-corrected chi connectivity index (χ2v) is 8.40. The number of rotatable bonds is 10. The lowest BCUT2D eigenvalue weighted by Gasteiger charge is -2.32. The molecule has 33 heavy (non-hydrogen) atoms. The predicted molar refractivity (Wildman–Crippen MR) is 128 cm³/mol. The van der Waals surface area contributed by atoms with Crippen LogP contribution in [0.3, 0.4) is 0 Å². The quantitative estimate of drug-likeness (QED) is 0.539. The maximum Gasteiger partial charge on any atom is 0.251 e. The Hall–Kier alpha value is -2.48. The fraction of sp³-hybridized carbons (Fsp3) is 0.480. The van der Waals surface area contributed by atoms with Crippen LogP contribution >= 0.6 is 11.6 Å². The molecule has 1 saturated heterocycles. The summed E-state index contributed by atoms with van der Waals surface area (Å²) in [4.78, 5) is 15.1. The number of aliphatic hydroxyl groups is 1. The molecule has 180 valence electrons. The first kappa shape index (κ1) is 25.1. The van der Waals surface area contributed by atoms with E-state index in [4.69, 9.17) is 25.8 Å². The maximum absolute atomic E-state index is 12.7. The molecule has 2 aromatic carbocycles. The highest BCUT2D eigenvalue weighted by Crippen LogP contribution is 2.36. The summed E-state index contributed by atoms with van der Waals surface area (Å²) in [6, 6.07) is 9.16. The fourth-order valence-corrected chi connectivity index (χ4v) is 4.22. The van der Waals surface area contributed by atoms with Gasteiger partial charge in [0.15, 0.2) is 0 Å². The third-order valence-electron chi connectivity index (χ3n) is 5.64. The smallest absolute Gasteiger partial charge is 0.251 e. The Morgan fingerprint density at radius 1 is 1.06 bits per heavy atom. The van der Waals surface area contributed by atoms with Crippen molar-refractivity contribution >= 4 is 17.5 Å². The predicted octanol–water partition coefficient (Wildman–Crippen LogP) is 4.03. The van der Waals surface area contributed by atoms with Crippen LogP contribution in [0, 0.1) is 0 Å². The average Bonchev–Trinajstić information content (AvgIpc) is 2.83. The van der Waals surface area contributed by atoms with Gasteiger partial charge < -0.3 is 24.6 Å². The first-order valence-corrected chi connectivity index (χ1v) is 11.7. The Morgan fingerprint density at radius 3 is 2.24 bits per heavy atom. The van der Waals surface area contributed by atoms with Crippen LogP contribution in [-0.2, 0) is 13.2 Å². The van der Waals surface area contributed by atoms with Gasteiger partial charge in [-0.05, 0) is 68.1 Å². The van der Waals surface area contributed by atoms with E-state index in [0.717, 1.165) is 38.0 Å². The summed E-state index contributed by atoms with van der Waals surface area (Å²) in [6.07, 6.45) is 1.71. The number of nitrogens with zero attached hydrogens (tertiary/aromatic N) is 1. The number of aliphatic hydroxyl groups excluding tert-OH is 1. The molecule has 2 aromatic rings. The van der Waals surface area contributed by atoms with Gasteiger partial charge in [0.1, 0.15) is 22.3 Å². The normalized spacial score (nSPS) is 14.7. The van der Waals surface area contributed by atoms with E-state index < -0.39 is 0 Å². The van der Waals surface area contributed by atoms with Crippen LogP contribution in [0.25, 0.3) is 0 Å². The molecule has 1 aliphatic heterocycles. The summed E-state index contributed by atoms with van der Waals surface area (Å²) in [5, 5.41) is 13.1. The van der Waals surface area contributed by atoms with Crippen molar-refractivity contribution < 1.29 is 24.1 Å². The van der Waals surface area contributed by atoms with Gasteiger partial charge in [-0.2, -0.15) is 0 Å². The number of hydrogen-bond acceptors (Lipinski definition) is 6. The topological polar surface area (TPSA) is 80.3 Å². The number of piperidine rings is 1. The van der Waals surface area contributed by atoms with Gasteiger partial charge in [-0.15, -0.1) is 0 Å². The molecule has 0 atom stereocenters. The van der Waals surface area contributed by atoms with Crippen LogP contribution in [0.15, 0.2) is 30.3 Å². The van der Waals surface area contributed by atoms with E-state index in [9.17, 15) is 9.90 Å². The highest BCUT2D eigenvalue weighted by molar-refractivity contribution is 6.33. The molecule has 0 spiro atoms. The van der Waals surface area contributed by atoms with Crippen molar-refractivity contribution in [1.29, 1.82) is 0 Å². The Morgan fingerprint density at radius 2 is 1.70 bits per heavy atom. The van der Waals surface area contributed by atoms with E-state index in [0.29, 0.717) is 46.6 Å². The van der Waals surface area contributed by atoms with Gasteiger partial charge in [0, 0.05) is 31.2 Å².